The van der Waals surface area contributed by atoms with E-state index >= 15 is 0 Å². The number of carbonyl (C=O) groups is 2. The maximum atomic E-state index is 13.7. The first-order chi connectivity index (χ1) is 15.0. The number of rotatable bonds is 7. The Labute approximate surface area is 181 Å². The number of anilines is 2. The maximum absolute atomic E-state index is 13.7. The van der Waals surface area contributed by atoms with Crippen molar-refractivity contribution in [2.75, 3.05) is 16.8 Å². The summed E-state index contributed by atoms with van der Waals surface area (Å²) in [6.45, 7) is 2.38. The lowest BCUT2D eigenvalue weighted by Gasteiger charge is -2.19. The van der Waals surface area contributed by atoms with E-state index in [1.165, 1.54) is 17.4 Å². The number of ether oxygens (including phenoxy) is 1. The highest BCUT2D eigenvalue weighted by molar-refractivity contribution is 7.11. The van der Waals surface area contributed by atoms with Gasteiger partial charge in [0, 0.05) is 16.6 Å². The lowest BCUT2D eigenvalue weighted by Crippen LogP contribution is -2.32. The van der Waals surface area contributed by atoms with Crippen molar-refractivity contribution in [3.05, 3.63) is 82.2 Å². The molecule has 4 rings (SSSR count). The second kappa shape index (κ2) is 8.69. The van der Waals surface area contributed by atoms with Crippen molar-refractivity contribution in [2.45, 2.75) is 13.3 Å². The average molecular weight is 440 g/mol. The minimum Gasteiger partial charge on any atom is -0.491 e. The van der Waals surface area contributed by atoms with E-state index < -0.39 is 23.4 Å². The molecule has 2 heterocycles. The number of hydrogen-bond acceptors (Lipinski definition) is 5. The van der Waals surface area contributed by atoms with Crippen LogP contribution >= 0.6 is 11.3 Å². The molecule has 1 N–H and O–H groups in total. The summed E-state index contributed by atoms with van der Waals surface area (Å²) >= 11 is 1.30. The fourth-order valence-electron chi connectivity index (χ4n) is 3.21. The molecule has 0 saturated heterocycles. The number of hydrogen-bond donors (Lipinski definition) is 1. The third-order valence-corrected chi connectivity index (χ3v) is 5.50. The molecule has 0 bridgehead atoms. The van der Waals surface area contributed by atoms with Gasteiger partial charge >= 0.3 is 0 Å². The van der Waals surface area contributed by atoms with E-state index in [-0.39, 0.29) is 17.0 Å². The summed E-state index contributed by atoms with van der Waals surface area (Å²) in [6.07, 6.45) is 0.762. The van der Waals surface area contributed by atoms with Crippen LogP contribution in [0.25, 0.3) is 5.57 Å². The van der Waals surface area contributed by atoms with E-state index in [0.29, 0.717) is 22.9 Å². The summed E-state index contributed by atoms with van der Waals surface area (Å²) in [4.78, 5) is 28.4. The van der Waals surface area contributed by atoms with E-state index in [4.69, 9.17) is 4.74 Å². The number of carbonyl (C=O) groups excluding carboxylic acids is 2. The fraction of sp³-hybridized carbons (Fsp3) is 0.130. The number of benzene rings is 2. The quantitative estimate of drug-likeness (QED) is 0.513. The van der Waals surface area contributed by atoms with Gasteiger partial charge in [0.2, 0.25) is 0 Å². The molecule has 3 aromatic rings. The van der Waals surface area contributed by atoms with Crippen LogP contribution < -0.4 is 15.0 Å². The molecule has 1 aliphatic rings. The minimum absolute atomic E-state index is 0.0104. The van der Waals surface area contributed by atoms with Crippen LogP contribution in [0.4, 0.5) is 20.2 Å². The largest absolute Gasteiger partial charge is 0.491 e. The predicted molar refractivity (Wildman–Crippen MR) is 116 cm³/mol. The molecule has 0 aliphatic carbocycles. The summed E-state index contributed by atoms with van der Waals surface area (Å²) < 4.78 is 32.8. The van der Waals surface area contributed by atoms with Crippen LogP contribution in [0.5, 0.6) is 5.75 Å². The molecule has 0 fully saturated rings. The Morgan fingerprint density at radius 3 is 2.52 bits per heavy atom. The van der Waals surface area contributed by atoms with E-state index in [2.05, 4.69) is 5.32 Å². The van der Waals surface area contributed by atoms with Gasteiger partial charge in [-0.3, -0.25) is 9.59 Å². The van der Waals surface area contributed by atoms with Crippen LogP contribution in [0.3, 0.4) is 0 Å². The molecular formula is C23H18F2N2O3S. The second-order valence-electron chi connectivity index (χ2n) is 6.74. The van der Waals surface area contributed by atoms with Crippen molar-refractivity contribution in [2.24, 2.45) is 0 Å². The molecule has 0 spiro atoms. The van der Waals surface area contributed by atoms with Crippen molar-refractivity contribution in [1.29, 1.82) is 0 Å². The first-order valence-corrected chi connectivity index (χ1v) is 10.5. The number of halogens is 2. The monoisotopic (exact) mass is 440 g/mol. The van der Waals surface area contributed by atoms with Gasteiger partial charge in [-0.1, -0.05) is 25.1 Å². The van der Waals surface area contributed by atoms with Gasteiger partial charge in [-0.15, -0.1) is 11.3 Å². The van der Waals surface area contributed by atoms with Gasteiger partial charge in [0.25, 0.3) is 11.8 Å². The van der Waals surface area contributed by atoms with E-state index in [9.17, 15) is 18.4 Å². The normalized spacial score (nSPS) is 13.8. The Balaban J connectivity index is 1.78. The van der Waals surface area contributed by atoms with Gasteiger partial charge in [-0.2, -0.15) is 0 Å². The van der Waals surface area contributed by atoms with Gasteiger partial charge in [0.1, 0.15) is 11.4 Å². The number of imide groups is 1. The molecule has 0 saturated carbocycles. The van der Waals surface area contributed by atoms with Crippen molar-refractivity contribution < 1.29 is 23.1 Å². The molecule has 158 valence electrons. The Morgan fingerprint density at radius 1 is 1.00 bits per heavy atom. The van der Waals surface area contributed by atoms with Crippen LogP contribution in [-0.2, 0) is 9.59 Å². The smallest absolute Gasteiger partial charge is 0.282 e. The Bertz CT molecular complexity index is 1180. The maximum Gasteiger partial charge on any atom is 0.282 e. The van der Waals surface area contributed by atoms with E-state index in [1.54, 1.807) is 41.8 Å². The van der Waals surface area contributed by atoms with Gasteiger partial charge in [0.15, 0.2) is 11.6 Å². The topological polar surface area (TPSA) is 58.6 Å². The predicted octanol–water partition coefficient (Wildman–Crippen LogP) is 5.21. The first kappa shape index (κ1) is 20.7. The standard InChI is InChI=1S/C23H18F2N2O3S/c1-2-11-30-18-7-4-3-6-17(18)27-22(28)20(19-8-5-12-31-19)21(23(27)29)26-14-9-10-15(24)16(25)13-14/h3-10,12-13,26H,2,11H2,1H3. The van der Waals surface area contributed by atoms with Crippen molar-refractivity contribution in [3.63, 3.8) is 0 Å². The molecule has 8 heteroatoms. The fourth-order valence-corrected chi connectivity index (χ4v) is 3.98. The third-order valence-electron chi connectivity index (χ3n) is 4.61. The lowest BCUT2D eigenvalue weighted by atomic mass is 10.2. The molecule has 5 nitrogen and oxygen atoms in total. The number of amides is 2. The number of thiophene rings is 1. The van der Waals surface area contributed by atoms with Crippen LogP contribution in [0, 0.1) is 11.6 Å². The van der Waals surface area contributed by atoms with Gasteiger partial charge in [-0.05, 0) is 42.1 Å². The summed E-state index contributed by atoms with van der Waals surface area (Å²) in [6, 6.07) is 13.5. The van der Waals surface area contributed by atoms with Crippen LogP contribution in [0.15, 0.2) is 65.7 Å². The average Bonchev–Trinajstić information content (AvgIpc) is 3.36. The highest BCUT2D eigenvalue weighted by atomic mass is 32.1. The highest BCUT2D eigenvalue weighted by Gasteiger charge is 2.41. The van der Waals surface area contributed by atoms with Crippen molar-refractivity contribution >= 4 is 40.1 Å². The third kappa shape index (κ3) is 3.94. The molecule has 2 aromatic carbocycles. The van der Waals surface area contributed by atoms with Gasteiger partial charge in [-0.25, -0.2) is 13.7 Å². The second-order valence-corrected chi connectivity index (χ2v) is 7.69. The molecule has 1 aromatic heterocycles. The Morgan fingerprint density at radius 2 is 1.81 bits per heavy atom. The van der Waals surface area contributed by atoms with Crippen LogP contribution in [-0.4, -0.2) is 18.4 Å². The molecule has 0 atom stereocenters. The van der Waals surface area contributed by atoms with Crippen LogP contribution in [0.2, 0.25) is 0 Å². The molecule has 2 amide bonds. The lowest BCUT2D eigenvalue weighted by molar-refractivity contribution is -0.120. The highest BCUT2D eigenvalue weighted by Crippen LogP contribution is 2.39. The van der Waals surface area contributed by atoms with Gasteiger partial charge < -0.3 is 10.1 Å². The molecule has 0 radical (unpaired) electrons. The minimum atomic E-state index is -1.06. The summed E-state index contributed by atoms with van der Waals surface area (Å²) in [7, 11) is 0. The Kier molecular flexibility index (Phi) is 5.81. The van der Waals surface area contributed by atoms with Crippen LogP contribution in [0.1, 0.15) is 18.2 Å². The zero-order valence-corrected chi connectivity index (χ0v) is 17.3. The first-order valence-electron chi connectivity index (χ1n) is 9.62. The van der Waals surface area contributed by atoms with E-state index in [1.807, 2.05) is 6.92 Å². The molecule has 31 heavy (non-hydrogen) atoms. The molecular weight excluding hydrogens is 422 g/mol. The zero-order valence-electron chi connectivity index (χ0n) is 16.5. The summed E-state index contributed by atoms with van der Waals surface area (Å²) in [5.41, 5.74) is 0.627. The number of para-hydroxylation sites is 2. The molecule has 0 unspecified atom stereocenters. The number of nitrogens with zero attached hydrogens (tertiary/aromatic N) is 1. The molecule has 1 aliphatic heterocycles. The van der Waals surface area contributed by atoms with Crippen molar-refractivity contribution in [3.8, 4) is 5.75 Å². The number of nitrogens with one attached hydrogen (secondary N) is 1. The van der Waals surface area contributed by atoms with Crippen molar-refractivity contribution in [1.82, 2.24) is 0 Å². The SMILES string of the molecule is CCCOc1ccccc1N1C(=O)C(Nc2ccc(F)c(F)c2)=C(c2cccs2)C1=O. The summed E-state index contributed by atoms with van der Waals surface area (Å²) in [5, 5.41) is 4.60. The Hall–Kier alpha value is -3.52. The van der Waals surface area contributed by atoms with E-state index in [0.717, 1.165) is 23.5 Å². The summed E-state index contributed by atoms with van der Waals surface area (Å²) in [5.74, 6) is -2.79. The zero-order chi connectivity index (χ0) is 22.0. The van der Waals surface area contributed by atoms with Gasteiger partial charge in [0.05, 0.1) is 17.9 Å².